The quantitative estimate of drug-likeness (QED) is 0.256. The minimum Gasteiger partial charge on any atom is -0.508 e. The third kappa shape index (κ3) is 4.47. The van der Waals surface area contributed by atoms with Crippen LogP contribution in [0.4, 0.5) is 0 Å². The van der Waals surface area contributed by atoms with Crippen LogP contribution in [0.25, 0.3) is 0 Å². The molecule has 4 N–H and O–H groups in total. The molecule has 1 aromatic rings. The molecule has 0 aliphatic carbocycles. The lowest BCUT2D eigenvalue weighted by molar-refractivity contribution is -0.167. The number of phenols is 1. The van der Waals surface area contributed by atoms with Gasteiger partial charge in [-0.3, -0.25) is 14.4 Å². The topological polar surface area (TPSA) is 172 Å². The van der Waals surface area contributed by atoms with E-state index in [-0.39, 0.29) is 29.8 Å². The van der Waals surface area contributed by atoms with Crippen LogP contribution in [0.2, 0.25) is 0 Å². The lowest BCUT2D eigenvalue weighted by Gasteiger charge is -2.35. The Kier molecular flexibility index (Phi) is 6.46. The number of aldehydes is 1. The normalized spacial score (nSPS) is 19.4. The van der Waals surface area contributed by atoms with Crippen molar-refractivity contribution in [3.63, 3.8) is 0 Å². The smallest absolute Gasteiger partial charge is 0.354 e. The van der Waals surface area contributed by atoms with Gasteiger partial charge in [-0.05, 0) is 17.7 Å². The van der Waals surface area contributed by atoms with E-state index in [9.17, 15) is 34.5 Å². The Hall–Kier alpha value is -3.57. The molecule has 0 bridgehead atoms. The number of carboxylic acids is 2. The molecule has 0 radical (unpaired) electrons. The van der Waals surface area contributed by atoms with Gasteiger partial charge in [-0.2, -0.15) is 0 Å². The number of hydrogen-bond acceptors (Lipinski definition) is 8. The summed E-state index contributed by atoms with van der Waals surface area (Å²) in [7, 11) is 1.04. The number of amides is 1. The summed E-state index contributed by atoms with van der Waals surface area (Å²) in [4.78, 5) is 51.2. The van der Waals surface area contributed by atoms with Crippen molar-refractivity contribution in [1.82, 2.24) is 5.32 Å². The molecule has 1 aliphatic heterocycles. The Morgan fingerprint density at radius 1 is 1.34 bits per heavy atom. The maximum Gasteiger partial charge on any atom is 0.354 e. The number of aliphatic imine (C=N–C) groups is 1. The fourth-order valence-corrected chi connectivity index (χ4v) is 2.61. The second-order valence-electron chi connectivity index (χ2n) is 6.02. The number of carbonyl (C=O) groups is 4. The third-order valence-electron chi connectivity index (χ3n) is 4.13. The standard InChI is InChI=1S/C18H18N2O9/c1-9-7-29-17(19-13(9)16(26)27)18(8-21,28-2)20-14(23)12(15(24)25)10-3-5-11(22)6-4-10/h3-6,8,12,17,22H,1,7H2,2H3,(H,20,23)(H,24,25)(H,26,27)/t12-,17-,18+/m1/s1. The average molecular weight is 406 g/mol. The summed E-state index contributed by atoms with van der Waals surface area (Å²) in [5.74, 6) is -5.98. The third-order valence-corrected chi connectivity index (χ3v) is 4.13. The maximum absolute atomic E-state index is 12.7. The predicted molar refractivity (Wildman–Crippen MR) is 96.4 cm³/mol. The molecular weight excluding hydrogens is 388 g/mol. The van der Waals surface area contributed by atoms with Gasteiger partial charge in [-0.15, -0.1) is 0 Å². The molecule has 11 nitrogen and oxygen atoms in total. The van der Waals surface area contributed by atoms with Gasteiger partial charge in [-0.25, -0.2) is 9.79 Å². The summed E-state index contributed by atoms with van der Waals surface area (Å²) < 4.78 is 10.3. The average Bonchev–Trinajstić information content (AvgIpc) is 2.68. The monoisotopic (exact) mass is 406 g/mol. The minimum atomic E-state index is -2.29. The van der Waals surface area contributed by atoms with Gasteiger partial charge in [0.1, 0.15) is 5.75 Å². The number of methoxy groups -OCH3 is 1. The highest BCUT2D eigenvalue weighted by Crippen LogP contribution is 2.24. The van der Waals surface area contributed by atoms with E-state index >= 15 is 0 Å². The molecule has 0 unspecified atom stereocenters. The van der Waals surface area contributed by atoms with Crippen molar-refractivity contribution >= 4 is 29.8 Å². The molecule has 0 spiro atoms. The van der Waals surface area contributed by atoms with E-state index in [0.29, 0.717) is 0 Å². The Labute approximate surface area is 164 Å². The number of aliphatic carboxylic acids is 2. The Morgan fingerprint density at radius 2 is 1.97 bits per heavy atom. The van der Waals surface area contributed by atoms with Crippen LogP contribution in [0.1, 0.15) is 11.5 Å². The predicted octanol–water partition coefficient (Wildman–Crippen LogP) is -0.344. The fourth-order valence-electron chi connectivity index (χ4n) is 2.61. The molecule has 1 amide bonds. The molecule has 29 heavy (non-hydrogen) atoms. The van der Waals surface area contributed by atoms with Gasteiger partial charge in [0.15, 0.2) is 17.9 Å². The molecule has 2 rings (SSSR count). The zero-order chi connectivity index (χ0) is 21.8. The Balaban J connectivity index is 2.39. The van der Waals surface area contributed by atoms with Crippen LogP contribution in [0.5, 0.6) is 5.75 Å². The first-order chi connectivity index (χ1) is 13.6. The van der Waals surface area contributed by atoms with Crippen LogP contribution < -0.4 is 5.32 Å². The van der Waals surface area contributed by atoms with Crippen LogP contribution in [-0.2, 0) is 28.7 Å². The van der Waals surface area contributed by atoms with Gasteiger partial charge in [0.05, 0.1) is 6.61 Å². The molecule has 0 fully saturated rings. The number of aromatic hydroxyl groups is 1. The number of carbonyl (C=O) groups excluding carboxylic acids is 2. The van der Waals surface area contributed by atoms with Crippen LogP contribution in [0.3, 0.4) is 0 Å². The molecular formula is C18H18N2O9. The molecule has 0 saturated carbocycles. The molecule has 1 aliphatic rings. The lowest BCUT2D eigenvalue weighted by atomic mass is 9.97. The summed E-state index contributed by atoms with van der Waals surface area (Å²) in [5, 5.41) is 30.1. The number of carboxylic acid groups (broad SMARTS) is 2. The van der Waals surface area contributed by atoms with Gasteiger partial charge in [-0.1, -0.05) is 18.7 Å². The van der Waals surface area contributed by atoms with Crippen molar-refractivity contribution in [2.24, 2.45) is 4.99 Å². The first kappa shape index (κ1) is 21.7. The van der Waals surface area contributed by atoms with Crippen LogP contribution in [0, 0.1) is 0 Å². The fraction of sp³-hybridized carbons (Fsp3) is 0.278. The number of rotatable bonds is 8. The lowest BCUT2D eigenvalue weighted by Crippen LogP contribution is -2.62. The molecule has 154 valence electrons. The van der Waals surface area contributed by atoms with Crippen LogP contribution in [0.15, 0.2) is 41.4 Å². The summed E-state index contributed by atoms with van der Waals surface area (Å²) in [6.45, 7) is 3.19. The molecule has 1 heterocycles. The highest BCUT2D eigenvalue weighted by atomic mass is 16.6. The number of ether oxygens (including phenoxy) is 2. The van der Waals surface area contributed by atoms with Crippen molar-refractivity contribution < 1.29 is 44.0 Å². The molecule has 0 aromatic heterocycles. The first-order valence-corrected chi connectivity index (χ1v) is 8.11. The van der Waals surface area contributed by atoms with Crippen molar-refractivity contribution in [1.29, 1.82) is 0 Å². The van der Waals surface area contributed by atoms with Crippen molar-refractivity contribution in [3.8, 4) is 5.75 Å². The van der Waals surface area contributed by atoms with E-state index < -0.39 is 41.4 Å². The summed E-state index contributed by atoms with van der Waals surface area (Å²) in [6, 6.07) is 4.85. The van der Waals surface area contributed by atoms with Gasteiger partial charge in [0, 0.05) is 12.7 Å². The number of hydrogen-bond donors (Lipinski definition) is 4. The van der Waals surface area contributed by atoms with Gasteiger partial charge < -0.3 is 30.1 Å². The van der Waals surface area contributed by atoms with E-state index in [1.165, 1.54) is 24.3 Å². The first-order valence-electron chi connectivity index (χ1n) is 8.11. The number of benzene rings is 1. The second kappa shape index (κ2) is 8.63. The number of phenolic OH excluding ortho intramolecular Hbond substituents is 1. The van der Waals surface area contributed by atoms with Crippen molar-refractivity contribution in [2.45, 2.75) is 17.9 Å². The highest BCUT2D eigenvalue weighted by Gasteiger charge is 2.46. The van der Waals surface area contributed by atoms with Gasteiger partial charge in [0.2, 0.25) is 17.9 Å². The van der Waals surface area contributed by atoms with Crippen molar-refractivity contribution in [2.75, 3.05) is 13.7 Å². The van der Waals surface area contributed by atoms with E-state index in [2.05, 4.69) is 16.9 Å². The van der Waals surface area contributed by atoms with Gasteiger partial charge >= 0.3 is 11.9 Å². The van der Waals surface area contributed by atoms with Gasteiger partial charge in [0.25, 0.3) is 0 Å². The zero-order valence-electron chi connectivity index (χ0n) is 15.2. The van der Waals surface area contributed by atoms with E-state index in [1.807, 2.05) is 0 Å². The largest absolute Gasteiger partial charge is 0.508 e. The minimum absolute atomic E-state index is 0.0244. The van der Waals surface area contributed by atoms with E-state index in [1.54, 1.807) is 0 Å². The van der Waals surface area contributed by atoms with E-state index in [0.717, 1.165) is 7.11 Å². The molecule has 0 saturated heterocycles. The summed E-state index contributed by atoms with van der Waals surface area (Å²) in [6.07, 6.45) is -1.47. The summed E-state index contributed by atoms with van der Waals surface area (Å²) in [5.41, 5.74) is -2.68. The summed E-state index contributed by atoms with van der Waals surface area (Å²) >= 11 is 0. The maximum atomic E-state index is 12.7. The molecule has 3 atom stereocenters. The Bertz CT molecular complexity index is 878. The molecule has 11 heteroatoms. The second-order valence-corrected chi connectivity index (χ2v) is 6.02. The highest BCUT2D eigenvalue weighted by molar-refractivity contribution is 6.42. The number of nitrogens with one attached hydrogen (secondary N) is 1. The Morgan fingerprint density at radius 3 is 2.45 bits per heavy atom. The zero-order valence-corrected chi connectivity index (χ0v) is 15.2. The molecule has 1 aromatic carbocycles. The van der Waals surface area contributed by atoms with E-state index in [4.69, 9.17) is 9.47 Å². The SMILES string of the molecule is C=C1CO[C@H]([C@@](C=O)(NC(=O)[C@H](C(=O)O)c2ccc(O)cc2)OC)N=C1C(=O)O. The van der Waals surface area contributed by atoms with Crippen LogP contribution in [-0.4, -0.2) is 70.8 Å². The van der Waals surface area contributed by atoms with Crippen molar-refractivity contribution in [3.05, 3.63) is 42.0 Å². The number of nitrogens with zero attached hydrogens (tertiary/aromatic N) is 1. The van der Waals surface area contributed by atoms with Crippen LogP contribution >= 0.6 is 0 Å².